The first kappa shape index (κ1) is 15.8. The average molecular weight is 293 g/mol. The summed E-state index contributed by atoms with van der Waals surface area (Å²) >= 11 is 0. The van der Waals surface area contributed by atoms with Gasteiger partial charge < -0.3 is 19.5 Å². The maximum absolute atomic E-state index is 11.6. The predicted molar refractivity (Wildman–Crippen MR) is 79.1 cm³/mol. The molecule has 0 atom stereocenters. The Balaban J connectivity index is 1.47. The van der Waals surface area contributed by atoms with Crippen LogP contribution in [0.4, 0.5) is 0 Å². The Hall–Kier alpha value is -1.59. The minimum absolute atomic E-state index is 0.0440. The highest BCUT2D eigenvalue weighted by Gasteiger charge is 2.13. The largest absolute Gasteiger partial charge is 0.494 e. The predicted octanol–water partition coefficient (Wildman–Crippen LogP) is 2.11. The molecule has 1 aliphatic rings. The first-order valence-electron chi connectivity index (χ1n) is 7.52. The third-order valence-corrected chi connectivity index (χ3v) is 3.16. The van der Waals surface area contributed by atoms with Crippen LogP contribution in [0, 0.1) is 0 Å². The fourth-order valence-corrected chi connectivity index (χ4v) is 2.06. The third kappa shape index (κ3) is 6.60. The number of amides is 1. The molecule has 0 unspecified atom stereocenters. The molecule has 0 spiro atoms. The van der Waals surface area contributed by atoms with Crippen LogP contribution in [0.5, 0.6) is 5.75 Å². The van der Waals surface area contributed by atoms with Crippen molar-refractivity contribution in [3.63, 3.8) is 0 Å². The number of carbonyl (C=O) groups excluding carboxylic acids is 1. The number of benzene rings is 1. The summed E-state index contributed by atoms with van der Waals surface area (Å²) in [6.07, 6.45) is 2.66. The molecule has 0 saturated carbocycles. The first-order valence-corrected chi connectivity index (χ1v) is 7.52. The Morgan fingerprint density at radius 3 is 2.76 bits per heavy atom. The van der Waals surface area contributed by atoms with Crippen molar-refractivity contribution in [2.45, 2.75) is 32.0 Å². The molecule has 1 N–H and O–H groups in total. The highest BCUT2D eigenvalue weighted by atomic mass is 16.7. The smallest absolute Gasteiger partial charge is 0.220 e. The van der Waals surface area contributed by atoms with Crippen molar-refractivity contribution in [2.24, 2.45) is 0 Å². The van der Waals surface area contributed by atoms with Gasteiger partial charge in [-0.1, -0.05) is 18.2 Å². The van der Waals surface area contributed by atoms with Gasteiger partial charge in [-0.3, -0.25) is 4.79 Å². The lowest BCUT2D eigenvalue weighted by molar-refractivity contribution is -0.180. The van der Waals surface area contributed by atoms with E-state index in [1.54, 1.807) is 0 Å². The summed E-state index contributed by atoms with van der Waals surface area (Å²) in [7, 11) is 0. The van der Waals surface area contributed by atoms with Crippen LogP contribution in [0.25, 0.3) is 0 Å². The molecule has 1 aromatic rings. The van der Waals surface area contributed by atoms with Crippen molar-refractivity contribution in [1.82, 2.24) is 5.32 Å². The molecule has 5 heteroatoms. The van der Waals surface area contributed by atoms with Crippen LogP contribution in [-0.2, 0) is 14.3 Å². The van der Waals surface area contributed by atoms with E-state index in [9.17, 15) is 4.79 Å². The topological polar surface area (TPSA) is 56.8 Å². The Morgan fingerprint density at radius 2 is 2.00 bits per heavy atom. The van der Waals surface area contributed by atoms with E-state index in [0.717, 1.165) is 25.4 Å². The Kier molecular flexibility index (Phi) is 7.04. The average Bonchev–Trinajstić information content (AvgIpc) is 2.54. The minimum Gasteiger partial charge on any atom is -0.494 e. The normalized spacial score (nSPS) is 15.6. The van der Waals surface area contributed by atoms with E-state index in [1.165, 1.54) is 0 Å². The zero-order chi connectivity index (χ0) is 14.8. The van der Waals surface area contributed by atoms with Crippen molar-refractivity contribution in [3.8, 4) is 5.75 Å². The molecule has 1 aromatic carbocycles. The molecule has 21 heavy (non-hydrogen) atoms. The van der Waals surface area contributed by atoms with Crippen LogP contribution in [0.15, 0.2) is 30.3 Å². The second-order valence-corrected chi connectivity index (χ2v) is 4.93. The van der Waals surface area contributed by atoms with Crippen molar-refractivity contribution >= 4 is 5.91 Å². The fourth-order valence-electron chi connectivity index (χ4n) is 2.06. The maximum Gasteiger partial charge on any atom is 0.220 e. The molecule has 0 bridgehead atoms. The number of rotatable bonds is 8. The van der Waals surface area contributed by atoms with Crippen LogP contribution in [0.2, 0.25) is 0 Å². The minimum atomic E-state index is -0.166. The molecule has 5 nitrogen and oxygen atoms in total. The molecule has 1 heterocycles. The van der Waals surface area contributed by atoms with Crippen molar-refractivity contribution in [2.75, 3.05) is 26.4 Å². The van der Waals surface area contributed by atoms with E-state index in [4.69, 9.17) is 14.2 Å². The van der Waals surface area contributed by atoms with Gasteiger partial charge in [-0.05, 0) is 25.0 Å². The highest BCUT2D eigenvalue weighted by molar-refractivity contribution is 5.75. The molecule has 0 radical (unpaired) electrons. The monoisotopic (exact) mass is 293 g/mol. The van der Waals surface area contributed by atoms with Gasteiger partial charge in [0.2, 0.25) is 5.91 Å². The molecule has 1 aliphatic heterocycles. The van der Waals surface area contributed by atoms with Gasteiger partial charge in [0, 0.05) is 19.4 Å². The van der Waals surface area contributed by atoms with Gasteiger partial charge in [0.05, 0.1) is 19.8 Å². The van der Waals surface area contributed by atoms with Crippen LogP contribution >= 0.6 is 0 Å². The number of carbonyl (C=O) groups is 1. The Bertz CT molecular complexity index is 404. The summed E-state index contributed by atoms with van der Waals surface area (Å²) in [5.74, 6) is 0.881. The molecule has 1 saturated heterocycles. The summed E-state index contributed by atoms with van der Waals surface area (Å²) in [5.41, 5.74) is 0. The molecule has 1 fully saturated rings. The summed E-state index contributed by atoms with van der Waals surface area (Å²) in [4.78, 5) is 11.6. The van der Waals surface area contributed by atoms with Crippen LogP contribution in [-0.4, -0.2) is 38.6 Å². The van der Waals surface area contributed by atoms with Gasteiger partial charge in [-0.15, -0.1) is 0 Å². The third-order valence-electron chi connectivity index (χ3n) is 3.16. The molecule has 116 valence electrons. The van der Waals surface area contributed by atoms with E-state index >= 15 is 0 Å². The van der Waals surface area contributed by atoms with Gasteiger partial charge in [-0.2, -0.15) is 0 Å². The first-order chi connectivity index (χ1) is 10.3. The highest BCUT2D eigenvalue weighted by Crippen LogP contribution is 2.09. The molecule has 0 aliphatic carbocycles. The molecule has 0 aromatic heterocycles. The lowest BCUT2D eigenvalue weighted by atomic mass is 10.3. The van der Waals surface area contributed by atoms with Crippen LogP contribution < -0.4 is 10.1 Å². The second kappa shape index (κ2) is 9.37. The Morgan fingerprint density at radius 1 is 1.24 bits per heavy atom. The number of nitrogens with one attached hydrogen (secondary N) is 1. The van der Waals surface area contributed by atoms with E-state index in [-0.39, 0.29) is 12.2 Å². The molecular formula is C16H23NO4. The summed E-state index contributed by atoms with van der Waals surface area (Å²) in [5, 5.41) is 2.87. The van der Waals surface area contributed by atoms with Crippen molar-refractivity contribution in [1.29, 1.82) is 0 Å². The standard InChI is InChI=1S/C16H23NO4/c18-15(17-10-9-16-20-12-5-13-21-16)8-4-11-19-14-6-2-1-3-7-14/h1-3,6-7,16H,4-5,8-13H2,(H,17,18). The van der Waals surface area contributed by atoms with Crippen molar-refractivity contribution in [3.05, 3.63) is 30.3 Å². The maximum atomic E-state index is 11.6. The van der Waals surface area contributed by atoms with Gasteiger partial charge >= 0.3 is 0 Å². The summed E-state index contributed by atoms with van der Waals surface area (Å²) in [6, 6.07) is 9.61. The molecule has 1 amide bonds. The Labute approximate surface area is 125 Å². The summed E-state index contributed by atoms with van der Waals surface area (Å²) < 4.78 is 16.4. The molecular weight excluding hydrogens is 270 g/mol. The van der Waals surface area contributed by atoms with E-state index < -0.39 is 0 Å². The second-order valence-electron chi connectivity index (χ2n) is 4.93. The van der Waals surface area contributed by atoms with Crippen LogP contribution in [0.3, 0.4) is 0 Å². The van der Waals surface area contributed by atoms with Gasteiger partial charge in [0.15, 0.2) is 6.29 Å². The SMILES string of the molecule is O=C(CCCOc1ccccc1)NCCC1OCCCO1. The lowest BCUT2D eigenvalue weighted by Gasteiger charge is -2.23. The van der Waals surface area contributed by atoms with Gasteiger partial charge in [0.25, 0.3) is 0 Å². The zero-order valence-electron chi connectivity index (χ0n) is 12.3. The lowest BCUT2D eigenvalue weighted by Crippen LogP contribution is -2.31. The van der Waals surface area contributed by atoms with E-state index in [2.05, 4.69) is 5.32 Å². The number of hydrogen-bond donors (Lipinski definition) is 1. The number of para-hydroxylation sites is 1. The van der Waals surface area contributed by atoms with Crippen LogP contribution in [0.1, 0.15) is 25.7 Å². The van der Waals surface area contributed by atoms with Gasteiger partial charge in [0.1, 0.15) is 5.75 Å². The quantitative estimate of drug-likeness (QED) is 0.746. The van der Waals surface area contributed by atoms with E-state index in [0.29, 0.717) is 32.4 Å². The number of hydrogen-bond acceptors (Lipinski definition) is 4. The number of ether oxygens (including phenoxy) is 3. The van der Waals surface area contributed by atoms with Crippen molar-refractivity contribution < 1.29 is 19.0 Å². The summed E-state index contributed by atoms with van der Waals surface area (Å²) in [6.45, 7) is 2.63. The zero-order valence-corrected chi connectivity index (χ0v) is 12.3. The fraction of sp³-hybridized carbons (Fsp3) is 0.562. The van der Waals surface area contributed by atoms with E-state index in [1.807, 2.05) is 30.3 Å². The van der Waals surface area contributed by atoms with Gasteiger partial charge in [-0.25, -0.2) is 0 Å². The molecule has 2 rings (SSSR count).